The molecule has 0 atom stereocenters. The van der Waals surface area contributed by atoms with E-state index in [0.717, 1.165) is 40.1 Å². The fraction of sp³-hybridized carbons (Fsp3) is 0.148. The van der Waals surface area contributed by atoms with E-state index in [1.54, 1.807) is 36.4 Å². The number of anilines is 3. The number of benzene rings is 3. The molecule has 0 amide bonds. The molecule has 4 rings (SSSR count). The molecular weight excluding hydrogens is 464 g/mol. The number of para-hydroxylation sites is 1. The van der Waals surface area contributed by atoms with Gasteiger partial charge in [0, 0.05) is 11.3 Å². The molecule has 0 aliphatic rings. The first-order valence-corrected chi connectivity index (χ1v) is 13.2. The number of carbonyl (C=O) groups excluding carboxylic acids is 1. The van der Waals surface area contributed by atoms with Gasteiger partial charge in [0.05, 0.1) is 10.6 Å². The molecule has 3 N–H and O–H groups in total. The summed E-state index contributed by atoms with van der Waals surface area (Å²) in [7, 11) is -3.99. The third kappa shape index (κ3) is 4.49. The van der Waals surface area contributed by atoms with Crippen LogP contribution in [0.25, 0.3) is 0 Å². The lowest BCUT2D eigenvalue weighted by atomic mass is 10.1. The maximum atomic E-state index is 13.7. The number of thiophene rings is 1. The topological polar surface area (TPSA) is 89.3 Å². The van der Waals surface area contributed by atoms with Crippen molar-refractivity contribution in [1.82, 2.24) is 0 Å². The molecule has 0 spiro atoms. The van der Waals surface area contributed by atoms with E-state index in [-0.39, 0.29) is 26.1 Å². The van der Waals surface area contributed by atoms with Crippen LogP contribution in [0.15, 0.2) is 82.6 Å². The van der Waals surface area contributed by atoms with E-state index in [9.17, 15) is 13.2 Å². The Balaban J connectivity index is 1.90. The predicted octanol–water partition coefficient (Wildman–Crippen LogP) is 6.32. The van der Waals surface area contributed by atoms with Gasteiger partial charge in [-0.15, -0.1) is 11.3 Å². The van der Waals surface area contributed by atoms with Crippen molar-refractivity contribution in [2.75, 3.05) is 11.1 Å². The molecule has 0 aliphatic carbocycles. The number of sulfone groups is 1. The van der Waals surface area contributed by atoms with E-state index in [4.69, 9.17) is 5.73 Å². The van der Waals surface area contributed by atoms with E-state index in [1.807, 2.05) is 57.2 Å². The fourth-order valence-electron chi connectivity index (χ4n) is 3.69. The fourth-order valence-corrected chi connectivity index (χ4v) is 6.62. The summed E-state index contributed by atoms with van der Waals surface area (Å²) < 4.78 is 27.4. The van der Waals surface area contributed by atoms with Crippen molar-refractivity contribution in [2.45, 2.75) is 37.0 Å². The Hall–Kier alpha value is -3.42. The number of aryl methyl sites for hydroxylation is 3. The first-order valence-electron chi connectivity index (χ1n) is 10.9. The summed E-state index contributed by atoms with van der Waals surface area (Å²) in [6.45, 7) is 5.86. The molecule has 0 saturated heterocycles. The summed E-state index contributed by atoms with van der Waals surface area (Å²) in [4.78, 5) is 13.6. The van der Waals surface area contributed by atoms with Crippen LogP contribution in [0.1, 0.15) is 38.8 Å². The van der Waals surface area contributed by atoms with Gasteiger partial charge in [0.25, 0.3) is 0 Å². The molecule has 7 heteroatoms. The van der Waals surface area contributed by atoms with E-state index in [1.165, 1.54) is 0 Å². The van der Waals surface area contributed by atoms with Crippen molar-refractivity contribution >= 4 is 43.3 Å². The number of carbonyl (C=O) groups is 1. The van der Waals surface area contributed by atoms with Gasteiger partial charge in [0.2, 0.25) is 15.6 Å². The highest BCUT2D eigenvalue weighted by molar-refractivity contribution is 7.92. The van der Waals surface area contributed by atoms with Crippen molar-refractivity contribution in [2.24, 2.45) is 0 Å². The monoisotopic (exact) mass is 490 g/mol. The number of ketones is 1. The van der Waals surface area contributed by atoms with Crippen molar-refractivity contribution < 1.29 is 13.2 Å². The molecule has 5 nitrogen and oxygen atoms in total. The summed E-state index contributed by atoms with van der Waals surface area (Å²) in [6.07, 6.45) is 0.763. The van der Waals surface area contributed by atoms with E-state index in [0.29, 0.717) is 10.6 Å². The lowest BCUT2D eigenvalue weighted by molar-refractivity contribution is 0.104. The minimum absolute atomic E-state index is 0.0346. The van der Waals surface area contributed by atoms with Crippen molar-refractivity contribution in [1.29, 1.82) is 0 Å². The van der Waals surface area contributed by atoms with Crippen LogP contribution in [0, 0.1) is 13.8 Å². The van der Waals surface area contributed by atoms with Gasteiger partial charge < -0.3 is 11.1 Å². The number of nitrogens with one attached hydrogen (secondary N) is 1. The first kappa shape index (κ1) is 23.7. The molecule has 1 heterocycles. The lowest BCUT2D eigenvalue weighted by Crippen LogP contribution is -2.08. The second kappa shape index (κ2) is 9.44. The highest BCUT2D eigenvalue weighted by Gasteiger charge is 2.31. The molecule has 34 heavy (non-hydrogen) atoms. The van der Waals surface area contributed by atoms with Gasteiger partial charge in [0.15, 0.2) is 0 Å². The van der Waals surface area contributed by atoms with Crippen LogP contribution in [0.5, 0.6) is 0 Å². The summed E-state index contributed by atoms with van der Waals surface area (Å²) in [5, 5.41) is 3.59. The summed E-state index contributed by atoms with van der Waals surface area (Å²) in [5.41, 5.74) is 10.6. The van der Waals surface area contributed by atoms with Crippen molar-refractivity contribution in [3.05, 3.63) is 99.9 Å². The molecule has 4 aromatic rings. The van der Waals surface area contributed by atoms with Gasteiger partial charge in [-0.25, -0.2) is 8.42 Å². The molecule has 0 saturated carbocycles. The number of rotatable bonds is 7. The van der Waals surface area contributed by atoms with E-state index < -0.39 is 9.84 Å². The Kier molecular flexibility index (Phi) is 6.59. The van der Waals surface area contributed by atoms with Gasteiger partial charge in [-0.3, -0.25) is 4.79 Å². The predicted molar refractivity (Wildman–Crippen MR) is 139 cm³/mol. The molecule has 0 radical (unpaired) electrons. The molecule has 0 unspecified atom stereocenters. The molecule has 0 bridgehead atoms. The van der Waals surface area contributed by atoms with Gasteiger partial charge in [-0.05, 0) is 44.0 Å². The molecule has 0 fully saturated rings. The minimum atomic E-state index is -3.99. The van der Waals surface area contributed by atoms with Gasteiger partial charge in [0.1, 0.15) is 14.8 Å². The normalized spacial score (nSPS) is 11.4. The van der Waals surface area contributed by atoms with E-state index >= 15 is 0 Å². The zero-order valence-electron chi connectivity index (χ0n) is 19.3. The lowest BCUT2D eigenvalue weighted by Gasteiger charge is -2.12. The molecule has 1 aromatic heterocycles. The first-order chi connectivity index (χ1) is 16.2. The zero-order valence-corrected chi connectivity index (χ0v) is 20.9. The van der Waals surface area contributed by atoms with Crippen molar-refractivity contribution in [3.8, 4) is 0 Å². The minimum Gasteiger partial charge on any atom is -0.396 e. The number of nitrogens with two attached hydrogens (primary N) is 1. The number of nitrogen functional groups attached to an aromatic ring is 1. The Morgan fingerprint density at radius 2 is 1.50 bits per heavy atom. The number of hydrogen-bond acceptors (Lipinski definition) is 6. The Morgan fingerprint density at radius 1 is 0.912 bits per heavy atom. The average Bonchev–Trinajstić information content (AvgIpc) is 3.16. The largest absolute Gasteiger partial charge is 0.396 e. The Morgan fingerprint density at radius 3 is 2.12 bits per heavy atom. The second-order valence-electron chi connectivity index (χ2n) is 8.15. The van der Waals surface area contributed by atoms with Gasteiger partial charge in [-0.2, -0.15) is 0 Å². The second-order valence-corrected chi connectivity index (χ2v) is 11.1. The summed E-state index contributed by atoms with van der Waals surface area (Å²) >= 11 is 1.07. The van der Waals surface area contributed by atoms with Crippen LogP contribution in [-0.2, 0) is 16.3 Å². The van der Waals surface area contributed by atoms with Crippen LogP contribution in [0.2, 0.25) is 0 Å². The highest BCUT2D eigenvalue weighted by Crippen LogP contribution is 2.44. The maximum absolute atomic E-state index is 13.7. The Bertz CT molecular complexity index is 1450. The van der Waals surface area contributed by atoms with E-state index in [2.05, 4.69) is 5.32 Å². The highest BCUT2D eigenvalue weighted by atomic mass is 32.2. The van der Waals surface area contributed by atoms with Gasteiger partial charge in [-0.1, -0.05) is 72.6 Å². The quantitative estimate of drug-likeness (QED) is 0.296. The third-order valence-electron chi connectivity index (χ3n) is 5.67. The number of hydrogen-bond donors (Lipinski definition) is 2. The Labute approximate surface area is 204 Å². The van der Waals surface area contributed by atoms with Gasteiger partial charge >= 0.3 is 0 Å². The zero-order chi connectivity index (χ0) is 24.5. The molecule has 174 valence electrons. The SMILES string of the molecule is CCc1ccccc1Nc1sc(C(=O)c2ccc(C)cc2)c(N)c1S(=O)(=O)c1ccc(C)cc1. The summed E-state index contributed by atoms with van der Waals surface area (Å²) in [5.74, 6) is -0.306. The van der Waals surface area contributed by atoms with Crippen molar-refractivity contribution in [3.63, 3.8) is 0 Å². The maximum Gasteiger partial charge on any atom is 0.211 e. The van der Waals surface area contributed by atoms with Crippen LogP contribution in [-0.4, -0.2) is 14.2 Å². The molecule has 0 aliphatic heterocycles. The molecule has 3 aromatic carbocycles. The van der Waals surface area contributed by atoms with Crippen LogP contribution in [0.4, 0.5) is 16.4 Å². The third-order valence-corrected chi connectivity index (χ3v) is 8.77. The smallest absolute Gasteiger partial charge is 0.211 e. The van der Waals surface area contributed by atoms with Crippen LogP contribution in [0.3, 0.4) is 0 Å². The van der Waals surface area contributed by atoms with Crippen LogP contribution >= 0.6 is 11.3 Å². The molecular formula is C27H26N2O3S2. The standard InChI is InChI=1S/C27H26N2O3S2/c1-4-19-7-5-6-8-22(19)29-27-26(34(31,32)21-15-11-18(3)12-16-21)23(28)25(33-27)24(30)20-13-9-17(2)10-14-20/h5-16,29H,4,28H2,1-3H3. The average molecular weight is 491 g/mol. The van der Waals surface area contributed by atoms with Crippen LogP contribution < -0.4 is 11.1 Å². The summed E-state index contributed by atoms with van der Waals surface area (Å²) in [6, 6.07) is 21.4.